The maximum Gasteiger partial charge on any atom is 0.238 e. The van der Waals surface area contributed by atoms with Crippen LogP contribution in [-0.2, 0) is 10.0 Å². The molecular weight excluding hydrogens is 264 g/mol. The number of nitrogens with one attached hydrogen (secondary N) is 1. The molecule has 1 aromatic carbocycles. The number of hydrogen-bond donors (Lipinski definition) is 1. The number of benzene rings is 1. The molecule has 19 heavy (non-hydrogen) atoms. The van der Waals surface area contributed by atoms with Crippen LogP contribution < -0.4 is 14.4 Å². The number of ether oxygens (including phenoxy) is 1. The summed E-state index contributed by atoms with van der Waals surface area (Å²) in [5.41, 5.74) is 0.587. The standard InChI is InChI=1S/C13H20N2O3S/c1-15(12-5-3-4-6-13(12)18-2)19(16,17)11-7-9-14-10-8-11/h3-6,11,14H,7-10H2,1-2H3. The van der Waals surface area contributed by atoms with Gasteiger partial charge in [-0.1, -0.05) is 12.1 Å². The average molecular weight is 284 g/mol. The Balaban J connectivity index is 2.29. The molecular formula is C13H20N2O3S. The van der Waals surface area contributed by atoms with Crippen LogP contribution in [0.25, 0.3) is 0 Å². The van der Waals surface area contributed by atoms with Gasteiger partial charge in [0.25, 0.3) is 0 Å². The van der Waals surface area contributed by atoms with Gasteiger partial charge in [-0.3, -0.25) is 4.31 Å². The van der Waals surface area contributed by atoms with Gasteiger partial charge in [0.1, 0.15) is 5.75 Å². The maximum absolute atomic E-state index is 12.6. The average Bonchev–Trinajstić information content (AvgIpc) is 2.47. The van der Waals surface area contributed by atoms with Gasteiger partial charge < -0.3 is 10.1 Å². The van der Waals surface area contributed by atoms with E-state index in [1.54, 1.807) is 26.3 Å². The Morgan fingerprint density at radius 1 is 1.26 bits per heavy atom. The number of nitrogens with zero attached hydrogens (tertiary/aromatic N) is 1. The van der Waals surface area contributed by atoms with Crippen LogP contribution in [0, 0.1) is 0 Å². The molecule has 0 spiro atoms. The molecule has 1 aliphatic heterocycles. The Bertz CT molecular complexity index is 524. The van der Waals surface area contributed by atoms with Crippen molar-refractivity contribution in [3.63, 3.8) is 0 Å². The van der Waals surface area contributed by atoms with E-state index in [0.29, 0.717) is 24.3 Å². The van der Waals surface area contributed by atoms with Crippen molar-refractivity contribution in [3.8, 4) is 5.75 Å². The third-order valence-corrected chi connectivity index (χ3v) is 5.79. The lowest BCUT2D eigenvalue weighted by molar-refractivity contribution is 0.415. The molecule has 0 radical (unpaired) electrons. The van der Waals surface area contributed by atoms with Crippen LogP contribution in [0.3, 0.4) is 0 Å². The largest absolute Gasteiger partial charge is 0.495 e. The Labute approximate surface area is 114 Å². The van der Waals surface area contributed by atoms with E-state index in [-0.39, 0.29) is 5.25 Å². The van der Waals surface area contributed by atoms with Crippen LogP contribution in [0.2, 0.25) is 0 Å². The van der Waals surface area contributed by atoms with Gasteiger partial charge in [-0.25, -0.2) is 8.42 Å². The molecule has 1 fully saturated rings. The number of rotatable bonds is 4. The van der Waals surface area contributed by atoms with Gasteiger partial charge in [-0.2, -0.15) is 0 Å². The molecule has 1 N–H and O–H groups in total. The topological polar surface area (TPSA) is 58.6 Å². The van der Waals surface area contributed by atoms with Gasteiger partial charge in [-0.05, 0) is 38.1 Å². The summed E-state index contributed by atoms with van der Waals surface area (Å²) in [6.07, 6.45) is 1.31. The lowest BCUT2D eigenvalue weighted by Crippen LogP contribution is -2.42. The van der Waals surface area contributed by atoms with Crippen LogP contribution in [0.1, 0.15) is 12.8 Å². The summed E-state index contributed by atoms with van der Waals surface area (Å²) in [6.45, 7) is 1.51. The second kappa shape index (κ2) is 5.79. The van der Waals surface area contributed by atoms with E-state index in [1.807, 2.05) is 12.1 Å². The first-order valence-corrected chi connectivity index (χ1v) is 7.89. The highest BCUT2D eigenvalue weighted by atomic mass is 32.2. The predicted molar refractivity (Wildman–Crippen MR) is 76.2 cm³/mol. The highest BCUT2D eigenvalue weighted by Gasteiger charge is 2.32. The van der Waals surface area contributed by atoms with Crippen molar-refractivity contribution >= 4 is 15.7 Å². The van der Waals surface area contributed by atoms with Crippen molar-refractivity contribution in [2.75, 3.05) is 31.6 Å². The minimum absolute atomic E-state index is 0.316. The van der Waals surface area contributed by atoms with E-state index >= 15 is 0 Å². The van der Waals surface area contributed by atoms with Crippen molar-refractivity contribution in [1.82, 2.24) is 5.32 Å². The summed E-state index contributed by atoms with van der Waals surface area (Å²) < 4.78 is 31.8. The lowest BCUT2D eigenvalue weighted by atomic mass is 10.2. The second-order valence-electron chi connectivity index (χ2n) is 4.63. The molecule has 0 bridgehead atoms. The van der Waals surface area contributed by atoms with E-state index in [4.69, 9.17) is 4.74 Å². The van der Waals surface area contributed by atoms with Gasteiger partial charge in [0.05, 0.1) is 18.0 Å². The summed E-state index contributed by atoms with van der Waals surface area (Å²) in [5, 5.41) is 2.86. The molecule has 5 nitrogen and oxygen atoms in total. The molecule has 1 saturated heterocycles. The van der Waals surface area contributed by atoms with E-state index in [2.05, 4.69) is 5.32 Å². The Morgan fingerprint density at radius 3 is 2.53 bits per heavy atom. The van der Waals surface area contributed by atoms with Crippen molar-refractivity contribution in [2.45, 2.75) is 18.1 Å². The Morgan fingerprint density at radius 2 is 1.89 bits per heavy atom. The Kier molecular flexibility index (Phi) is 4.31. The normalized spacial score (nSPS) is 17.2. The van der Waals surface area contributed by atoms with Crippen molar-refractivity contribution < 1.29 is 13.2 Å². The lowest BCUT2D eigenvalue weighted by Gasteiger charge is -2.29. The zero-order valence-electron chi connectivity index (χ0n) is 11.3. The third-order valence-electron chi connectivity index (χ3n) is 3.51. The molecule has 6 heteroatoms. The van der Waals surface area contributed by atoms with Gasteiger partial charge in [0, 0.05) is 7.05 Å². The minimum atomic E-state index is -3.33. The minimum Gasteiger partial charge on any atom is -0.495 e. The quantitative estimate of drug-likeness (QED) is 0.903. The number of para-hydroxylation sites is 2. The first-order valence-electron chi connectivity index (χ1n) is 6.39. The monoisotopic (exact) mass is 284 g/mol. The molecule has 0 aliphatic carbocycles. The number of sulfonamides is 1. The van der Waals surface area contributed by atoms with E-state index in [1.165, 1.54) is 4.31 Å². The zero-order valence-corrected chi connectivity index (χ0v) is 12.1. The van der Waals surface area contributed by atoms with E-state index in [0.717, 1.165) is 13.1 Å². The van der Waals surface area contributed by atoms with Gasteiger partial charge in [0.15, 0.2) is 0 Å². The zero-order chi connectivity index (χ0) is 13.9. The van der Waals surface area contributed by atoms with Crippen LogP contribution >= 0.6 is 0 Å². The van der Waals surface area contributed by atoms with Gasteiger partial charge in [0.2, 0.25) is 10.0 Å². The number of piperidine rings is 1. The molecule has 2 rings (SSSR count). The smallest absolute Gasteiger partial charge is 0.238 e. The summed E-state index contributed by atoms with van der Waals surface area (Å²) in [6, 6.07) is 7.17. The van der Waals surface area contributed by atoms with Gasteiger partial charge >= 0.3 is 0 Å². The molecule has 0 unspecified atom stereocenters. The fourth-order valence-corrected chi connectivity index (χ4v) is 4.05. The van der Waals surface area contributed by atoms with Crippen molar-refractivity contribution in [1.29, 1.82) is 0 Å². The van der Waals surface area contributed by atoms with E-state index in [9.17, 15) is 8.42 Å². The van der Waals surface area contributed by atoms with Crippen LogP contribution in [0.15, 0.2) is 24.3 Å². The number of hydrogen-bond acceptors (Lipinski definition) is 4. The molecule has 1 heterocycles. The SMILES string of the molecule is COc1ccccc1N(C)S(=O)(=O)C1CCNCC1. The molecule has 106 valence electrons. The van der Waals surface area contributed by atoms with E-state index < -0.39 is 10.0 Å². The summed E-state index contributed by atoms with van der Waals surface area (Å²) in [5.74, 6) is 0.572. The third kappa shape index (κ3) is 2.84. The molecule has 0 saturated carbocycles. The van der Waals surface area contributed by atoms with Gasteiger partial charge in [-0.15, -0.1) is 0 Å². The predicted octanol–water partition coefficient (Wildman–Crippen LogP) is 1.21. The van der Waals surface area contributed by atoms with Crippen molar-refractivity contribution in [2.24, 2.45) is 0 Å². The molecule has 1 aliphatic rings. The summed E-state index contributed by atoms with van der Waals surface area (Å²) in [7, 11) is -0.196. The van der Waals surface area contributed by atoms with Crippen LogP contribution in [-0.4, -0.2) is 40.9 Å². The molecule has 1 aromatic rings. The second-order valence-corrected chi connectivity index (χ2v) is 6.88. The molecule has 0 aromatic heterocycles. The fraction of sp³-hybridized carbons (Fsp3) is 0.538. The Hall–Kier alpha value is -1.27. The van der Waals surface area contributed by atoms with Crippen LogP contribution in [0.5, 0.6) is 5.75 Å². The maximum atomic E-state index is 12.6. The number of anilines is 1. The highest BCUT2D eigenvalue weighted by molar-refractivity contribution is 7.93. The molecule has 0 atom stereocenters. The fourth-order valence-electron chi connectivity index (χ4n) is 2.34. The summed E-state index contributed by atoms with van der Waals surface area (Å²) in [4.78, 5) is 0. The number of methoxy groups -OCH3 is 1. The first kappa shape index (κ1) is 14.1. The van der Waals surface area contributed by atoms with Crippen molar-refractivity contribution in [3.05, 3.63) is 24.3 Å². The summed E-state index contributed by atoms with van der Waals surface area (Å²) >= 11 is 0. The highest BCUT2D eigenvalue weighted by Crippen LogP contribution is 2.30. The first-order chi connectivity index (χ1) is 9.07. The molecule has 0 amide bonds. The van der Waals surface area contributed by atoms with Crippen LogP contribution in [0.4, 0.5) is 5.69 Å².